The van der Waals surface area contributed by atoms with Crippen molar-refractivity contribution in [2.45, 2.75) is 31.3 Å². The smallest absolute Gasteiger partial charge is 0.187 e. The lowest BCUT2D eigenvalue weighted by Crippen LogP contribution is -2.31. The topological polar surface area (TPSA) is 30.7 Å². The highest BCUT2D eigenvalue weighted by Gasteiger charge is 2.36. The molecule has 0 fully saturated rings. The summed E-state index contributed by atoms with van der Waals surface area (Å²) in [6, 6.07) is 21.7. The van der Waals surface area contributed by atoms with Crippen molar-refractivity contribution in [2.75, 3.05) is 0 Å². The molecule has 3 nitrogen and oxygen atoms in total. The van der Waals surface area contributed by atoms with Gasteiger partial charge in [-0.2, -0.15) is 0 Å². The van der Waals surface area contributed by atoms with Crippen molar-refractivity contribution >= 4 is 11.5 Å². The molecule has 0 bridgehead atoms. The second kappa shape index (κ2) is 6.65. The standard InChI is InChI=1S/C25H19NO2/c1-26-19-7-4-6-17(13-19)18-10-12-24-22(14-18)23(27)15-25(28-24)21-11-9-16-5-2-3-8-20(16)21/h2-8,10,12-14,21,25H,9,11,15H2. The van der Waals surface area contributed by atoms with Gasteiger partial charge in [-0.15, -0.1) is 0 Å². The first-order valence-corrected chi connectivity index (χ1v) is 9.62. The summed E-state index contributed by atoms with van der Waals surface area (Å²) in [5.41, 5.74) is 5.83. The van der Waals surface area contributed by atoms with E-state index in [1.54, 1.807) is 6.07 Å². The highest BCUT2D eigenvalue weighted by molar-refractivity contribution is 6.01. The van der Waals surface area contributed by atoms with Gasteiger partial charge in [0, 0.05) is 12.3 Å². The maximum absolute atomic E-state index is 12.9. The minimum absolute atomic E-state index is 0.0973. The van der Waals surface area contributed by atoms with Crippen LogP contribution in [-0.2, 0) is 6.42 Å². The van der Waals surface area contributed by atoms with E-state index in [0.29, 0.717) is 23.4 Å². The Kier molecular flexibility index (Phi) is 3.98. The number of carbonyl (C=O) groups excluding carboxylic acids is 1. The Morgan fingerprint density at radius 1 is 0.964 bits per heavy atom. The number of fused-ring (bicyclic) bond motifs is 2. The van der Waals surface area contributed by atoms with Crippen LogP contribution in [0.25, 0.3) is 16.0 Å². The van der Waals surface area contributed by atoms with Crippen LogP contribution < -0.4 is 4.74 Å². The van der Waals surface area contributed by atoms with Gasteiger partial charge in [0.2, 0.25) is 0 Å². The van der Waals surface area contributed by atoms with Crippen molar-refractivity contribution in [3.63, 3.8) is 0 Å². The Balaban J connectivity index is 1.46. The zero-order valence-electron chi connectivity index (χ0n) is 15.4. The van der Waals surface area contributed by atoms with Gasteiger partial charge in [0.05, 0.1) is 12.1 Å². The van der Waals surface area contributed by atoms with Crippen molar-refractivity contribution < 1.29 is 9.53 Å². The molecule has 2 unspecified atom stereocenters. The Morgan fingerprint density at radius 2 is 1.82 bits per heavy atom. The Labute approximate surface area is 164 Å². The predicted molar refractivity (Wildman–Crippen MR) is 109 cm³/mol. The number of ether oxygens (including phenoxy) is 1. The van der Waals surface area contributed by atoms with Gasteiger partial charge in [-0.3, -0.25) is 4.79 Å². The molecule has 1 heterocycles. The van der Waals surface area contributed by atoms with E-state index in [-0.39, 0.29) is 17.8 Å². The summed E-state index contributed by atoms with van der Waals surface area (Å²) in [6.07, 6.45) is 2.41. The minimum atomic E-state index is -0.0973. The van der Waals surface area contributed by atoms with Crippen LogP contribution in [0.5, 0.6) is 5.75 Å². The molecule has 0 radical (unpaired) electrons. The Bertz CT molecular complexity index is 1130. The molecule has 0 aromatic heterocycles. The van der Waals surface area contributed by atoms with Crippen LogP contribution in [0.2, 0.25) is 0 Å². The number of hydrogen-bond donors (Lipinski definition) is 0. The summed E-state index contributed by atoms with van der Waals surface area (Å²) in [7, 11) is 0. The Hall–Kier alpha value is -3.38. The maximum Gasteiger partial charge on any atom is 0.187 e. The van der Waals surface area contributed by atoms with E-state index in [9.17, 15) is 4.79 Å². The summed E-state index contributed by atoms with van der Waals surface area (Å²) in [6.45, 7) is 7.19. The summed E-state index contributed by atoms with van der Waals surface area (Å²) < 4.78 is 6.31. The number of Topliss-reactive ketones (excluding diaryl/α,β-unsaturated/α-hetero) is 1. The average molecular weight is 365 g/mol. The average Bonchev–Trinajstić information content (AvgIpc) is 3.18. The number of aryl methyl sites for hydroxylation is 1. The van der Waals surface area contributed by atoms with Crippen LogP contribution >= 0.6 is 0 Å². The van der Waals surface area contributed by atoms with E-state index in [2.05, 4.69) is 29.1 Å². The second-order valence-corrected chi connectivity index (χ2v) is 7.50. The molecular weight excluding hydrogens is 346 g/mol. The molecule has 28 heavy (non-hydrogen) atoms. The maximum atomic E-state index is 12.9. The second-order valence-electron chi connectivity index (χ2n) is 7.50. The fraction of sp³-hybridized carbons (Fsp3) is 0.200. The molecule has 3 heteroatoms. The zero-order valence-corrected chi connectivity index (χ0v) is 15.4. The molecule has 0 saturated carbocycles. The molecule has 0 amide bonds. The van der Waals surface area contributed by atoms with E-state index in [0.717, 1.165) is 24.0 Å². The van der Waals surface area contributed by atoms with Crippen molar-refractivity contribution in [1.82, 2.24) is 0 Å². The molecule has 3 aromatic rings. The molecule has 2 aliphatic rings. The first-order valence-electron chi connectivity index (χ1n) is 9.62. The van der Waals surface area contributed by atoms with Crippen LogP contribution in [0.1, 0.15) is 40.2 Å². The summed E-state index contributed by atoms with van der Waals surface area (Å²) >= 11 is 0. The molecular formula is C25H19NO2. The molecule has 136 valence electrons. The molecule has 1 aliphatic carbocycles. The first kappa shape index (κ1) is 16.8. The summed E-state index contributed by atoms with van der Waals surface area (Å²) in [5.74, 6) is 1.10. The predicted octanol–water partition coefficient (Wildman–Crippen LogP) is 5.97. The third kappa shape index (κ3) is 2.78. The largest absolute Gasteiger partial charge is 0.489 e. The van der Waals surface area contributed by atoms with E-state index in [1.807, 2.05) is 36.4 Å². The van der Waals surface area contributed by atoms with Gasteiger partial charge in [0.25, 0.3) is 0 Å². The number of hydrogen-bond acceptors (Lipinski definition) is 2. The highest BCUT2D eigenvalue weighted by Crippen LogP contribution is 2.42. The van der Waals surface area contributed by atoms with E-state index in [4.69, 9.17) is 11.3 Å². The summed E-state index contributed by atoms with van der Waals surface area (Å²) in [5, 5.41) is 0. The summed E-state index contributed by atoms with van der Waals surface area (Å²) in [4.78, 5) is 16.4. The number of nitrogens with zero attached hydrogens (tertiary/aromatic N) is 1. The van der Waals surface area contributed by atoms with Gasteiger partial charge >= 0.3 is 0 Å². The van der Waals surface area contributed by atoms with E-state index in [1.165, 1.54) is 11.1 Å². The highest BCUT2D eigenvalue weighted by atomic mass is 16.5. The lowest BCUT2D eigenvalue weighted by atomic mass is 9.87. The van der Waals surface area contributed by atoms with Crippen LogP contribution in [0.15, 0.2) is 66.7 Å². The first-order chi connectivity index (χ1) is 13.7. The van der Waals surface area contributed by atoms with Gasteiger partial charge in [-0.25, -0.2) is 4.85 Å². The van der Waals surface area contributed by atoms with E-state index < -0.39 is 0 Å². The molecule has 0 N–H and O–H groups in total. The van der Waals surface area contributed by atoms with Gasteiger partial charge in [0.1, 0.15) is 11.9 Å². The molecule has 0 spiro atoms. The number of benzene rings is 3. The number of ketones is 1. The molecule has 3 aromatic carbocycles. The molecule has 1 aliphatic heterocycles. The van der Waals surface area contributed by atoms with Gasteiger partial charge in [0.15, 0.2) is 11.5 Å². The van der Waals surface area contributed by atoms with Crippen molar-refractivity contribution in [1.29, 1.82) is 0 Å². The normalized spacial score (nSPS) is 20.0. The molecule has 2 atom stereocenters. The van der Waals surface area contributed by atoms with Crippen molar-refractivity contribution in [3.05, 3.63) is 94.8 Å². The van der Waals surface area contributed by atoms with Gasteiger partial charge < -0.3 is 4.74 Å². The molecule has 5 rings (SSSR count). The van der Waals surface area contributed by atoms with Crippen LogP contribution in [0.4, 0.5) is 5.69 Å². The van der Waals surface area contributed by atoms with Gasteiger partial charge in [-0.05, 0) is 53.3 Å². The van der Waals surface area contributed by atoms with Gasteiger partial charge in [-0.1, -0.05) is 48.5 Å². The van der Waals surface area contributed by atoms with E-state index >= 15 is 0 Å². The third-order valence-electron chi connectivity index (χ3n) is 5.88. The lowest BCUT2D eigenvalue weighted by Gasteiger charge is -2.30. The number of rotatable bonds is 2. The number of carbonyl (C=O) groups is 1. The quantitative estimate of drug-likeness (QED) is 0.524. The van der Waals surface area contributed by atoms with Crippen LogP contribution in [-0.4, -0.2) is 11.9 Å². The van der Waals surface area contributed by atoms with Crippen LogP contribution in [0.3, 0.4) is 0 Å². The molecule has 0 saturated heterocycles. The minimum Gasteiger partial charge on any atom is -0.489 e. The zero-order chi connectivity index (χ0) is 19.1. The van der Waals surface area contributed by atoms with Crippen molar-refractivity contribution in [3.8, 4) is 16.9 Å². The Morgan fingerprint density at radius 3 is 2.71 bits per heavy atom. The monoisotopic (exact) mass is 365 g/mol. The van der Waals surface area contributed by atoms with Crippen molar-refractivity contribution in [2.24, 2.45) is 0 Å². The lowest BCUT2D eigenvalue weighted by molar-refractivity contribution is 0.0808. The SMILES string of the molecule is [C-]#[N+]c1cccc(-c2ccc3c(c2)C(=O)CC(C2CCc4ccccc42)O3)c1. The third-order valence-corrected chi connectivity index (χ3v) is 5.88. The fourth-order valence-electron chi connectivity index (χ4n) is 4.48. The van der Waals surface area contributed by atoms with Crippen LogP contribution in [0, 0.1) is 6.57 Å². The fourth-order valence-corrected chi connectivity index (χ4v) is 4.48.